The monoisotopic (exact) mass is 948 g/mol. The SMILES string of the molecule is CC/C=C\C/C=C\C/C=C\C/C=C\C/C=C\C/C=C\C(CC(=O)NC(CO)C(O)CCCCCCCCCCCCCCCCCC)OC(=O)CCCCCCC/C=C/CCCCCCCCC. The zero-order valence-corrected chi connectivity index (χ0v) is 44.7. The predicted molar refractivity (Wildman–Crippen MR) is 296 cm³/mol. The largest absolute Gasteiger partial charge is 0.458 e. The Kier molecular flexibility index (Phi) is 52.6. The van der Waals surface area contributed by atoms with Gasteiger partial charge in [-0.1, -0.05) is 260 Å². The molecule has 0 aliphatic heterocycles. The highest BCUT2D eigenvalue weighted by Gasteiger charge is 2.23. The topological polar surface area (TPSA) is 95.9 Å². The number of aliphatic hydroxyl groups excluding tert-OH is 2. The van der Waals surface area contributed by atoms with Crippen LogP contribution in [-0.4, -0.2) is 46.9 Å². The molecule has 3 atom stereocenters. The Balaban J connectivity index is 4.73. The summed E-state index contributed by atoms with van der Waals surface area (Å²) in [6, 6.07) is -0.749. The molecule has 0 saturated carbocycles. The minimum absolute atomic E-state index is 0.0529. The normalized spacial score (nSPS) is 13.8. The summed E-state index contributed by atoms with van der Waals surface area (Å²) in [7, 11) is 0. The van der Waals surface area contributed by atoms with Crippen LogP contribution in [0, 0.1) is 0 Å². The first-order chi connectivity index (χ1) is 33.5. The Morgan fingerprint density at radius 3 is 1.24 bits per heavy atom. The Morgan fingerprint density at radius 1 is 0.456 bits per heavy atom. The van der Waals surface area contributed by atoms with E-state index in [4.69, 9.17) is 4.74 Å². The number of carbonyl (C=O) groups excluding carboxylic acids is 2. The van der Waals surface area contributed by atoms with E-state index in [1.165, 1.54) is 141 Å². The number of hydrogen-bond donors (Lipinski definition) is 3. The van der Waals surface area contributed by atoms with Crippen molar-refractivity contribution in [2.24, 2.45) is 0 Å². The number of esters is 1. The molecule has 3 unspecified atom stereocenters. The summed E-state index contributed by atoms with van der Waals surface area (Å²) in [6.45, 7) is 6.35. The molecule has 6 nitrogen and oxygen atoms in total. The summed E-state index contributed by atoms with van der Waals surface area (Å²) in [4.78, 5) is 26.2. The summed E-state index contributed by atoms with van der Waals surface area (Å²) in [5, 5.41) is 23.8. The van der Waals surface area contributed by atoms with Gasteiger partial charge in [0.15, 0.2) is 0 Å². The third-order valence-corrected chi connectivity index (χ3v) is 12.7. The lowest BCUT2D eigenvalue weighted by Gasteiger charge is -2.23. The first-order valence-electron chi connectivity index (χ1n) is 28.8. The van der Waals surface area contributed by atoms with Gasteiger partial charge in [0.25, 0.3) is 0 Å². The van der Waals surface area contributed by atoms with Gasteiger partial charge in [-0.2, -0.15) is 0 Å². The van der Waals surface area contributed by atoms with Gasteiger partial charge in [0, 0.05) is 6.42 Å². The van der Waals surface area contributed by atoms with Crippen molar-refractivity contribution >= 4 is 11.9 Å². The van der Waals surface area contributed by atoms with Crippen molar-refractivity contribution in [2.75, 3.05) is 6.61 Å². The molecule has 0 aromatic heterocycles. The van der Waals surface area contributed by atoms with Crippen LogP contribution in [0.1, 0.15) is 271 Å². The van der Waals surface area contributed by atoms with Crippen molar-refractivity contribution in [1.82, 2.24) is 5.32 Å². The van der Waals surface area contributed by atoms with Gasteiger partial charge in [-0.3, -0.25) is 9.59 Å². The molecule has 392 valence electrons. The molecule has 0 spiro atoms. The van der Waals surface area contributed by atoms with Crippen LogP contribution in [0.4, 0.5) is 0 Å². The van der Waals surface area contributed by atoms with E-state index in [1.807, 2.05) is 6.08 Å². The molecule has 3 N–H and O–H groups in total. The average Bonchev–Trinajstić information content (AvgIpc) is 3.33. The minimum Gasteiger partial charge on any atom is -0.458 e. The molecular formula is C62H109NO5. The maximum atomic E-state index is 13.2. The van der Waals surface area contributed by atoms with Crippen LogP contribution in [0.25, 0.3) is 0 Å². The van der Waals surface area contributed by atoms with Crippen LogP contribution < -0.4 is 5.32 Å². The molecule has 0 aromatic rings. The fourth-order valence-corrected chi connectivity index (χ4v) is 8.36. The summed E-state index contributed by atoms with van der Waals surface area (Å²) in [6.07, 6.45) is 72.5. The molecular weight excluding hydrogens is 839 g/mol. The quantitative estimate of drug-likeness (QED) is 0.0321. The number of aliphatic hydroxyl groups is 2. The van der Waals surface area contributed by atoms with Crippen LogP contribution in [0.3, 0.4) is 0 Å². The highest BCUT2D eigenvalue weighted by atomic mass is 16.5. The molecule has 0 fully saturated rings. The predicted octanol–water partition coefficient (Wildman–Crippen LogP) is 17.9. The molecule has 0 aromatic carbocycles. The molecule has 0 saturated heterocycles. The first kappa shape index (κ1) is 65.0. The molecule has 0 aliphatic rings. The van der Waals surface area contributed by atoms with Crippen LogP contribution in [-0.2, 0) is 14.3 Å². The molecule has 1 amide bonds. The van der Waals surface area contributed by atoms with Gasteiger partial charge in [0.1, 0.15) is 6.10 Å². The molecule has 68 heavy (non-hydrogen) atoms. The van der Waals surface area contributed by atoms with Gasteiger partial charge in [-0.25, -0.2) is 0 Å². The van der Waals surface area contributed by atoms with E-state index in [0.717, 1.165) is 83.5 Å². The van der Waals surface area contributed by atoms with E-state index in [-0.39, 0.29) is 24.9 Å². The summed E-state index contributed by atoms with van der Waals surface area (Å²) >= 11 is 0. The summed E-state index contributed by atoms with van der Waals surface area (Å²) in [5.41, 5.74) is 0. The van der Waals surface area contributed by atoms with Crippen molar-refractivity contribution in [3.8, 4) is 0 Å². The zero-order chi connectivity index (χ0) is 49.5. The zero-order valence-electron chi connectivity index (χ0n) is 44.7. The van der Waals surface area contributed by atoms with Gasteiger partial charge < -0.3 is 20.3 Å². The van der Waals surface area contributed by atoms with Crippen LogP contribution in [0.5, 0.6) is 0 Å². The fourth-order valence-electron chi connectivity index (χ4n) is 8.36. The molecule has 0 aliphatic carbocycles. The number of rotatable bonds is 51. The van der Waals surface area contributed by atoms with Gasteiger partial charge in [0.05, 0.1) is 25.2 Å². The lowest BCUT2D eigenvalue weighted by atomic mass is 10.0. The lowest BCUT2D eigenvalue weighted by molar-refractivity contribution is -0.148. The molecule has 0 bridgehead atoms. The van der Waals surface area contributed by atoms with E-state index in [0.29, 0.717) is 19.3 Å². The Morgan fingerprint density at radius 2 is 0.824 bits per heavy atom. The van der Waals surface area contributed by atoms with Crippen molar-refractivity contribution in [2.45, 2.75) is 289 Å². The van der Waals surface area contributed by atoms with E-state index in [1.54, 1.807) is 6.08 Å². The number of unbranched alkanes of at least 4 members (excludes halogenated alkanes) is 27. The molecule has 0 radical (unpaired) electrons. The number of ether oxygens (including phenoxy) is 1. The van der Waals surface area contributed by atoms with E-state index >= 15 is 0 Å². The fraction of sp³-hybridized carbons (Fsp3) is 0.742. The van der Waals surface area contributed by atoms with Crippen molar-refractivity contribution < 1.29 is 24.5 Å². The Bertz CT molecular complexity index is 1290. The average molecular weight is 949 g/mol. The third-order valence-electron chi connectivity index (χ3n) is 12.7. The van der Waals surface area contributed by atoms with Crippen LogP contribution in [0.2, 0.25) is 0 Å². The van der Waals surface area contributed by atoms with Crippen molar-refractivity contribution in [3.63, 3.8) is 0 Å². The molecule has 6 heteroatoms. The number of allylic oxidation sites excluding steroid dienone is 13. The number of hydrogen-bond acceptors (Lipinski definition) is 5. The van der Waals surface area contributed by atoms with E-state index in [9.17, 15) is 19.8 Å². The van der Waals surface area contributed by atoms with Gasteiger partial charge in [0.2, 0.25) is 5.91 Å². The van der Waals surface area contributed by atoms with Gasteiger partial charge in [-0.15, -0.1) is 0 Å². The Labute approximate surface area is 421 Å². The smallest absolute Gasteiger partial charge is 0.306 e. The van der Waals surface area contributed by atoms with Crippen molar-refractivity contribution in [1.29, 1.82) is 0 Å². The van der Waals surface area contributed by atoms with Crippen LogP contribution in [0.15, 0.2) is 85.1 Å². The van der Waals surface area contributed by atoms with Crippen molar-refractivity contribution in [3.05, 3.63) is 85.1 Å². The first-order valence-corrected chi connectivity index (χ1v) is 28.8. The second-order valence-electron chi connectivity index (χ2n) is 19.3. The second-order valence-corrected chi connectivity index (χ2v) is 19.3. The lowest BCUT2D eigenvalue weighted by Crippen LogP contribution is -2.46. The highest BCUT2D eigenvalue weighted by molar-refractivity contribution is 5.78. The number of carbonyl (C=O) groups is 2. The van der Waals surface area contributed by atoms with Crippen LogP contribution >= 0.6 is 0 Å². The Hall–Kier alpha value is -2.96. The number of nitrogens with one attached hydrogen (secondary N) is 1. The minimum atomic E-state index is -0.826. The summed E-state index contributed by atoms with van der Waals surface area (Å²) < 4.78 is 5.84. The van der Waals surface area contributed by atoms with Gasteiger partial charge in [-0.05, 0) is 83.1 Å². The maximum absolute atomic E-state index is 13.2. The maximum Gasteiger partial charge on any atom is 0.306 e. The molecule has 0 heterocycles. The van der Waals surface area contributed by atoms with E-state index < -0.39 is 18.2 Å². The summed E-state index contributed by atoms with van der Waals surface area (Å²) in [5.74, 6) is -0.637. The number of amides is 1. The third kappa shape index (κ3) is 49.5. The second kappa shape index (κ2) is 55.0. The van der Waals surface area contributed by atoms with E-state index in [2.05, 4.69) is 99.0 Å². The highest BCUT2D eigenvalue weighted by Crippen LogP contribution is 2.16. The molecule has 0 rings (SSSR count). The van der Waals surface area contributed by atoms with Gasteiger partial charge >= 0.3 is 5.97 Å². The standard InChI is InChI=1S/C62H109NO5/c1-4-7-10-13-16-19-22-25-28-31-32-35-38-41-44-47-50-53-58(68-62(67)55-52-49-46-43-40-37-34-30-27-24-21-18-15-12-9-6-3)56-61(66)63-59(57-64)60(65)54-51-48-45-42-39-36-33-29-26-23-20-17-14-11-8-5-2/h7,10,16,19,25,28,30,32,34-35,41,44,50,53,58-60,64-65H,4-6,8-9,11-15,17-18,20-24,26-27,29,31,33,36-40,42-43,45-49,51-52,54-57H2,1-3H3,(H,63,66)/b10-7-,19-16-,28-25-,34-30+,35-32-,44-41-,53-50-.